The van der Waals surface area contributed by atoms with E-state index in [0.717, 1.165) is 30.1 Å². The Kier molecular flexibility index (Phi) is 5.07. The first kappa shape index (κ1) is 15.2. The number of nitrogens with one attached hydrogen (secondary N) is 1. The first-order chi connectivity index (χ1) is 10.3. The lowest BCUT2D eigenvalue weighted by Crippen LogP contribution is -2.46. The maximum Gasteiger partial charge on any atom is 0.0471 e. The molecule has 1 saturated carbocycles. The molecule has 0 bridgehead atoms. The topological polar surface area (TPSA) is 15.3 Å². The van der Waals surface area contributed by atoms with E-state index in [2.05, 4.69) is 35.3 Å². The van der Waals surface area contributed by atoms with Crippen molar-refractivity contribution in [2.75, 3.05) is 18.0 Å². The Morgan fingerprint density at radius 1 is 1.19 bits per heavy atom. The van der Waals surface area contributed by atoms with Gasteiger partial charge >= 0.3 is 0 Å². The van der Waals surface area contributed by atoms with Crippen LogP contribution in [0.25, 0.3) is 0 Å². The minimum atomic E-state index is 0.753. The minimum absolute atomic E-state index is 0.753. The second kappa shape index (κ2) is 7.02. The van der Waals surface area contributed by atoms with Crippen LogP contribution in [0.2, 0.25) is 5.02 Å². The van der Waals surface area contributed by atoms with E-state index in [1.807, 2.05) is 0 Å². The van der Waals surface area contributed by atoms with Crippen molar-refractivity contribution in [3.63, 3.8) is 0 Å². The van der Waals surface area contributed by atoms with E-state index in [-0.39, 0.29) is 0 Å². The number of fused-ring (bicyclic) bond motifs is 1. The first-order valence-corrected chi connectivity index (χ1v) is 8.93. The van der Waals surface area contributed by atoms with Crippen LogP contribution in [0.1, 0.15) is 51.0 Å². The number of rotatable bonds is 4. The molecule has 1 saturated heterocycles. The predicted molar refractivity (Wildman–Crippen MR) is 91.2 cm³/mol. The summed E-state index contributed by atoms with van der Waals surface area (Å²) in [6, 6.07) is 7.41. The van der Waals surface area contributed by atoms with Crippen LogP contribution in [0, 0.1) is 5.92 Å². The van der Waals surface area contributed by atoms with Gasteiger partial charge in [-0.3, -0.25) is 0 Å². The molecule has 116 valence electrons. The molecule has 3 heteroatoms. The summed E-state index contributed by atoms with van der Waals surface area (Å²) in [7, 11) is 0. The molecule has 2 aliphatic rings. The molecule has 0 amide bonds. The van der Waals surface area contributed by atoms with Gasteiger partial charge in [0, 0.05) is 29.8 Å². The molecule has 2 fully saturated rings. The summed E-state index contributed by atoms with van der Waals surface area (Å²) in [6.45, 7) is 5.17. The summed E-state index contributed by atoms with van der Waals surface area (Å²) in [5.74, 6) is 0.910. The maximum atomic E-state index is 6.49. The van der Waals surface area contributed by atoms with Gasteiger partial charge in [0.1, 0.15) is 0 Å². The third-order valence-corrected chi connectivity index (χ3v) is 5.53. The molecule has 0 radical (unpaired) electrons. The van der Waals surface area contributed by atoms with E-state index < -0.39 is 0 Å². The fourth-order valence-electron chi connectivity index (χ4n) is 4.06. The van der Waals surface area contributed by atoms with E-state index in [1.54, 1.807) is 0 Å². The Balaban J connectivity index is 1.77. The molecule has 1 aliphatic carbocycles. The summed E-state index contributed by atoms with van der Waals surface area (Å²) in [6.07, 6.45) is 8.36. The van der Waals surface area contributed by atoms with Crippen LogP contribution in [0.4, 0.5) is 5.69 Å². The van der Waals surface area contributed by atoms with Crippen molar-refractivity contribution in [3.05, 3.63) is 28.8 Å². The van der Waals surface area contributed by atoms with Gasteiger partial charge in [-0.05, 0) is 55.8 Å². The van der Waals surface area contributed by atoms with Crippen LogP contribution in [-0.2, 0) is 6.54 Å². The van der Waals surface area contributed by atoms with Gasteiger partial charge < -0.3 is 10.2 Å². The third-order valence-electron chi connectivity index (χ3n) is 5.18. The first-order valence-electron chi connectivity index (χ1n) is 8.55. The monoisotopic (exact) mass is 306 g/mol. The number of hydrogen-bond donors (Lipinski definition) is 1. The van der Waals surface area contributed by atoms with Gasteiger partial charge in [-0.25, -0.2) is 0 Å². The molecule has 1 N–H and O–H groups in total. The highest BCUT2D eigenvalue weighted by Crippen LogP contribution is 2.38. The highest BCUT2D eigenvalue weighted by molar-refractivity contribution is 6.31. The van der Waals surface area contributed by atoms with Crippen LogP contribution in [0.3, 0.4) is 0 Å². The predicted octanol–water partition coefficient (Wildman–Crippen LogP) is 4.61. The van der Waals surface area contributed by atoms with Crippen LogP contribution in [0.5, 0.6) is 0 Å². The Morgan fingerprint density at radius 3 is 2.81 bits per heavy atom. The number of piperidine rings is 1. The summed E-state index contributed by atoms with van der Waals surface area (Å²) in [4.78, 5) is 2.64. The van der Waals surface area contributed by atoms with Crippen molar-refractivity contribution < 1.29 is 0 Å². The largest absolute Gasteiger partial charge is 0.368 e. The van der Waals surface area contributed by atoms with Gasteiger partial charge in [0.2, 0.25) is 0 Å². The second-order valence-electron chi connectivity index (χ2n) is 6.50. The smallest absolute Gasteiger partial charge is 0.0471 e. The van der Waals surface area contributed by atoms with E-state index >= 15 is 0 Å². The normalized spacial score (nSPS) is 25.7. The van der Waals surface area contributed by atoms with Gasteiger partial charge in [-0.2, -0.15) is 0 Å². The van der Waals surface area contributed by atoms with Gasteiger partial charge in [0.15, 0.2) is 0 Å². The molecule has 1 heterocycles. The lowest BCUT2D eigenvalue weighted by Gasteiger charge is -2.45. The quantitative estimate of drug-likeness (QED) is 0.874. The van der Waals surface area contributed by atoms with Crippen molar-refractivity contribution in [3.8, 4) is 0 Å². The second-order valence-corrected chi connectivity index (χ2v) is 6.91. The van der Waals surface area contributed by atoms with Crippen LogP contribution < -0.4 is 10.2 Å². The number of halogens is 1. The zero-order valence-corrected chi connectivity index (χ0v) is 13.8. The average molecular weight is 307 g/mol. The average Bonchev–Trinajstić information content (AvgIpc) is 2.53. The summed E-state index contributed by atoms with van der Waals surface area (Å²) < 4.78 is 0. The van der Waals surface area contributed by atoms with E-state index in [4.69, 9.17) is 11.6 Å². The number of nitrogens with zero attached hydrogens (tertiary/aromatic N) is 1. The SMILES string of the molecule is CCNCc1ccc(N2CCC[C@H]3CCCC[C@H]32)cc1Cl. The summed E-state index contributed by atoms with van der Waals surface area (Å²) >= 11 is 6.49. The highest BCUT2D eigenvalue weighted by atomic mass is 35.5. The molecule has 1 aliphatic heterocycles. The molecular weight excluding hydrogens is 280 g/mol. The van der Waals surface area contributed by atoms with Crippen molar-refractivity contribution in [1.29, 1.82) is 0 Å². The fraction of sp³-hybridized carbons (Fsp3) is 0.667. The van der Waals surface area contributed by atoms with Crippen molar-refractivity contribution in [1.82, 2.24) is 5.32 Å². The van der Waals surface area contributed by atoms with Gasteiger partial charge in [-0.15, -0.1) is 0 Å². The third kappa shape index (κ3) is 3.37. The number of anilines is 1. The van der Waals surface area contributed by atoms with Crippen LogP contribution in [-0.4, -0.2) is 19.1 Å². The molecule has 2 nitrogen and oxygen atoms in total. The molecule has 1 aromatic carbocycles. The van der Waals surface area contributed by atoms with Crippen molar-refractivity contribution in [2.24, 2.45) is 5.92 Å². The molecule has 3 rings (SSSR count). The lowest BCUT2D eigenvalue weighted by atomic mass is 9.78. The number of benzene rings is 1. The highest BCUT2D eigenvalue weighted by Gasteiger charge is 2.33. The zero-order valence-electron chi connectivity index (χ0n) is 13.1. The van der Waals surface area contributed by atoms with Crippen molar-refractivity contribution in [2.45, 2.75) is 58.0 Å². The van der Waals surface area contributed by atoms with Gasteiger partial charge in [0.05, 0.1) is 0 Å². The molecule has 2 atom stereocenters. The van der Waals surface area contributed by atoms with E-state index in [9.17, 15) is 0 Å². The van der Waals surface area contributed by atoms with Crippen LogP contribution in [0.15, 0.2) is 18.2 Å². The Bertz CT molecular complexity index is 472. The Labute approximate surface area is 133 Å². The standard InChI is InChI=1S/C18H27ClN2/c1-2-20-13-15-9-10-16(12-17(15)19)21-11-5-7-14-6-3-4-8-18(14)21/h9-10,12,14,18,20H,2-8,11,13H2,1H3/t14-,18-/m1/s1. The molecule has 0 unspecified atom stereocenters. The van der Waals surface area contributed by atoms with Crippen molar-refractivity contribution >= 4 is 17.3 Å². The van der Waals surface area contributed by atoms with Gasteiger partial charge in [-0.1, -0.05) is 37.4 Å². The Hall–Kier alpha value is -0.730. The molecule has 1 aromatic rings. The van der Waals surface area contributed by atoms with E-state index in [1.165, 1.54) is 56.3 Å². The Morgan fingerprint density at radius 2 is 2.00 bits per heavy atom. The summed E-state index contributed by atoms with van der Waals surface area (Å²) in [5.41, 5.74) is 2.54. The van der Waals surface area contributed by atoms with Crippen LogP contribution >= 0.6 is 11.6 Å². The lowest BCUT2D eigenvalue weighted by molar-refractivity contribution is 0.244. The molecule has 0 aromatic heterocycles. The zero-order chi connectivity index (χ0) is 14.7. The number of hydrogen-bond acceptors (Lipinski definition) is 2. The molecular formula is C18H27ClN2. The van der Waals surface area contributed by atoms with Gasteiger partial charge in [0.25, 0.3) is 0 Å². The maximum absolute atomic E-state index is 6.49. The van der Waals surface area contributed by atoms with E-state index in [0.29, 0.717) is 0 Å². The molecule has 21 heavy (non-hydrogen) atoms. The fourth-order valence-corrected chi connectivity index (χ4v) is 4.30. The minimum Gasteiger partial charge on any atom is -0.368 e. The molecule has 0 spiro atoms. The summed E-state index contributed by atoms with van der Waals surface area (Å²) in [5, 5.41) is 4.26.